The van der Waals surface area contributed by atoms with Gasteiger partial charge in [0.1, 0.15) is 0 Å². The standard InChI is InChI=1S/C20H25N3O2S/c24-19(10-12-26-17-6-2-1-3-7-17)23-11-4-5-15(14-23)13-18-21-20(22-25-18)16-8-9-16/h1-3,6-7,15-16H,4-5,8-14H2. The van der Waals surface area contributed by atoms with E-state index >= 15 is 0 Å². The number of carbonyl (C=O) groups excluding carboxylic acids is 1. The average molecular weight is 372 g/mol. The van der Waals surface area contributed by atoms with Crippen molar-refractivity contribution in [3.05, 3.63) is 42.0 Å². The van der Waals surface area contributed by atoms with Gasteiger partial charge in [0.25, 0.3) is 0 Å². The number of thioether (sulfide) groups is 1. The number of rotatable bonds is 7. The third kappa shape index (κ3) is 4.67. The van der Waals surface area contributed by atoms with Crippen LogP contribution in [-0.2, 0) is 11.2 Å². The van der Waals surface area contributed by atoms with Crippen molar-refractivity contribution in [1.29, 1.82) is 0 Å². The molecular weight excluding hydrogens is 346 g/mol. The molecule has 1 amide bonds. The Bertz CT molecular complexity index is 730. The number of hydrogen-bond donors (Lipinski definition) is 0. The fourth-order valence-corrected chi connectivity index (χ4v) is 4.36. The van der Waals surface area contributed by atoms with Crippen molar-refractivity contribution in [2.75, 3.05) is 18.8 Å². The number of carbonyl (C=O) groups is 1. The van der Waals surface area contributed by atoms with Gasteiger partial charge >= 0.3 is 0 Å². The number of nitrogens with zero attached hydrogens (tertiary/aromatic N) is 3. The quantitative estimate of drug-likeness (QED) is 0.691. The van der Waals surface area contributed by atoms with Gasteiger partial charge in [-0.15, -0.1) is 11.8 Å². The molecule has 1 unspecified atom stereocenters. The van der Waals surface area contributed by atoms with Gasteiger partial charge in [-0.25, -0.2) is 0 Å². The van der Waals surface area contributed by atoms with Crippen molar-refractivity contribution in [3.8, 4) is 0 Å². The van der Waals surface area contributed by atoms with Gasteiger partial charge in [-0.1, -0.05) is 23.4 Å². The Labute approximate surface area is 158 Å². The van der Waals surface area contributed by atoms with E-state index in [4.69, 9.17) is 4.52 Å². The second kappa shape index (κ2) is 8.25. The van der Waals surface area contributed by atoms with Crippen molar-refractivity contribution in [1.82, 2.24) is 15.0 Å². The zero-order chi connectivity index (χ0) is 17.8. The van der Waals surface area contributed by atoms with Gasteiger partial charge in [-0.3, -0.25) is 4.79 Å². The second-order valence-electron chi connectivity index (χ2n) is 7.28. The van der Waals surface area contributed by atoms with Gasteiger partial charge in [-0.2, -0.15) is 4.98 Å². The minimum absolute atomic E-state index is 0.266. The van der Waals surface area contributed by atoms with Crippen molar-refractivity contribution < 1.29 is 9.32 Å². The molecule has 138 valence electrons. The fraction of sp³-hybridized carbons (Fsp3) is 0.550. The van der Waals surface area contributed by atoms with Crippen LogP contribution in [-0.4, -0.2) is 39.8 Å². The molecule has 6 heteroatoms. The molecule has 1 atom stereocenters. The van der Waals surface area contributed by atoms with E-state index in [0.717, 1.165) is 49.8 Å². The van der Waals surface area contributed by atoms with E-state index in [0.29, 0.717) is 18.3 Å². The predicted molar refractivity (Wildman–Crippen MR) is 101 cm³/mol. The highest BCUT2D eigenvalue weighted by Crippen LogP contribution is 2.38. The number of hydrogen-bond acceptors (Lipinski definition) is 5. The van der Waals surface area contributed by atoms with E-state index in [-0.39, 0.29) is 5.91 Å². The van der Waals surface area contributed by atoms with Crippen LogP contribution in [0.1, 0.15) is 49.7 Å². The van der Waals surface area contributed by atoms with Crippen molar-refractivity contribution in [2.45, 2.75) is 49.3 Å². The molecule has 1 saturated carbocycles. The second-order valence-corrected chi connectivity index (χ2v) is 8.45. The Hall–Kier alpha value is -1.82. The molecule has 1 aromatic carbocycles. The summed E-state index contributed by atoms with van der Waals surface area (Å²) in [6, 6.07) is 10.3. The first kappa shape index (κ1) is 17.6. The van der Waals surface area contributed by atoms with E-state index in [9.17, 15) is 4.79 Å². The molecule has 2 heterocycles. The SMILES string of the molecule is O=C(CCSc1ccccc1)N1CCCC(Cc2nc(C3CC3)no2)C1. The van der Waals surface area contributed by atoms with Gasteiger partial charge < -0.3 is 9.42 Å². The van der Waals surface area contributed by atoms with Gasteiger partial charge in [0, 0.05) is 42.5 Å². The van der Waals surface area contributed by atoms with E-state index in [1.54, 1.807) is 11.8 Å². The predicted octanol–water partition coefficient (Wildman–Crippen LogP) is 3.91. The highest BCUT2D eigenvalue weighted by molar-refractivity contribution is 7.99. The summed E-state index contributed by atoms with van der Waals surface area (Å²) < 4.78 is 5.41. The number of likely N-dealkylation sites (tertiary alicyclic amines) is 1. The maximum absolute atomic E-state index is 12.5. The molecule has 0 radical (unpaired) electrons. The van der Waals surface area contributed by atoms with Crippen LogP contribution in [0.15, 0.2) is 39.8 Å². The van der Waals surface area contributed by atoms with Gasteiger partial charge in [0.15, 0.2) is 5.82 Å². The Kier molecular flexibility index (Phi) is 5.58. The summed E-state index contributed by atoms with van der Waals surface area (Å²) in [6.07, 6.45) is 5.95. The van der Waals surface area contributed by atoms with Crippen LogP contribution < -0.4 is 0 Å². The summed E-state index contributed by atoms with van der Waals surface area (Å²) in [5.41, 5.74) is 0. The van der Waals surface area contributed by atoms with Crippen molar-refractivity contribution >= 4 is 17.7 Å². The van der Waals surface area contributed by atoms with E-state index in [2.05, 4.69) is 22.3 Å². The third-order valence-corrected chi connectivity index (χ3v) is 6.10. The normalized spacial score (nSPS) is 20.3. The fourth-order valence-electron chi connectivity index (χ4n) is 3.49. The first-order valence-electron chi connectivity index (χ1n) is 9.56. The van der Waals surface area contributed by atoms with Crippen LogP contribution >= 0.6 is 11.8 Å². The molecule has 5 nitrogen and oxygen atoms in total. The summed E-state index contributed by atoms with van der Waals surface area (Å²) >= 11 is 1.75. The molecule has 0 spiro atoms. The number of piperidine rings is 1. The summed E-state index contributed by atoms with van der Waals surface area (Å²) in [4.78, 5) is 20.3. The minimum Gasteiger partial charge on any atom is -0.342 e. The Morgan fingerprint density at radius 3 is 2.88 bits per heavy atom. The first-order valence-corrected chi connectivity index (χ1v) is 10.5. The Balaban J connectivity index is 1.23. The average Bonchev–Trinajstić information content (AvgIpc) is 3.42. The van der Waals surface area contributed by atoms with Crippen LogP contribution in [0.5, 0.6) is 0 Å². The molecule has 4 rings (SSSR count). The zero-order valence-electron chi connectivity index (χ0n) is 15.0. The molecule has 0 bridgehead atoms. The third-order valence-electron chi connectivity index (χ3n) is 5.09. The topological polar surface area (TPSA) is 59.2 Å². The summed E-state index contributed by atoms with van der Waals surface area (Å²) in [6.45, 7) is 1.69. The lowest BCUT2D eigenvalue weighted by Crippen LogP contribution is -2.40. The lowest BCUT2D eigenvalue weighted by Gasteiger charge is -2.32. The largest absolute Gasteiger partial charge is 0.342 e. The molecular formula is C20H25N3O2S. The van der Waals surface area contributed by atoms with Crippen LogP contribution in [0, 0.1) is 5.92 Å². The Morgan fingerprint density at radius 1 is 1.23 bits per heavy atom. The highest BCUT2D eigenvalue weighted by atomic mass is 32.2. The molecule has 2 aliphatic rings. The van der Waals surface area contributed by atoms with E-state index in [1.165, 1.54) is 17.7 Å². The van der Waals surface area contributed by atoms with Crippen LogP contribution in [0.4, 0.5) is 0 Å². The first-order chi connectivity index (χ1) is 12.8. The summed E-state index contributed by atoms with van der Waals surface area (Å²) in [5, 5.41) is 4.10. The number of amides is 1. The molecule has 0 N–H and O–H groups in total. The minimum atomic E-state index is 0.266. The van der Waals surface area contributed by atoms with Crippen LogP contribution in [0.2, 0.25) is 0 Å². The van der Waals surface area contributed by atoms with E-state index in [1.807, 2.05) is 23.1 Å². The van der Waals surface area contributed by atoms with Gasteiger partial charge in [-0.05, 0) is 43.7 Å². The number of benzene rings is 1. The maximum Gasteiger partial charge on any atom is 0.226 e. The van der Waals surface area contributed by atoms with Crippen LogP contribution in [0.25, 0.3) is 0 Å². The Morgan fingerprint density at radius 2 is 2.08 bits per heavy atom. The molecule has 26 heavy (non-hydrogen) atoms. The molecule has 1 saturated heterocycles. The molecule has 1 aliphatic carbocycles. The summed E-state index contributed by atoms with van der Waals surface area (Å²) in [5.74, 6) is 3.68. The van der Waals surface area contributed by atoms with Crippen LogP contribution in [0.3, 0.4) is 0 Å². The molecule has 1 aliphatic heterocycles. The lowest BCUT2D eigenvalue weighted by atomic mass is 9.94. The highest BCUT2D eigenvalue weighted by Gasteiger charge is 2.30. The van der Waals surface area contributed by atoms with Crippen molar-refractivity contribution in [2.24, 2.45) is 5.92 Å². The lowest BCUT2D eigenvalue weighted by molar-refractivity contribution is -0.132. The molecule has 2 aromatic rings. The number of aromatic nitrogens is 2. The van der Waals surface area contributed by atoms with Gasteiger partial charge in [0.05, 0.1) is 0 Å². The monoisotopic (exact) mass is 371 g/mol. The van der Waals surface area contributed by atoms with Crippen molar-refractivity contribution in [3.63, 3.8) is 0 Å². The van der Waals surface area contributed by atoms with E-state index < -0.39 is 0 Å². The van der Waals surface area contributed by atoms with Gasteiger partial charge in [0.2, 0.25) is 11.8 Å². The summed E-state index contributed by atoms with van der Waals surface area (Å²) in [7, 11) is 0. The molecule has 2 fully saturated rings. The zero-order valence-corrected chi connectivity index (χ0v) is 15.8. The smallest absolute Gasteiger partial charge is 0.226 e. The maximum atomic E-state index is 12.5. The molecule has 1 aromatic heterocycles.